The van der Waals surface area contributed by atoms with Crippen molar-refractivity contribution in [2.45, 2.75) is 19.5 Å². The third-order valence-electron chi connectivity index (χ3n) is 3.74. The first kappa shape index (κ1) is 15.8. The van der Waals surface area contributed by atoms with Crippen molar-refractivity contribution in [1.29, 1.82) is 0 Å². The molecule has 1 aliphatic rings. The van der Waals surface area contributed by atoms with Crippen LogP contribution in [-0.4, -0.2) is 21.3 Å². The van der Waals surface area contributed by atoms with Gasteiger partial charge in [-0.3, -0.25) is 0 Å². The third kappa shape index (κ3) is 4.46. The van der Waals surface area contributed by atoms with Gasteiger partial charge in [0.1, 0.15) is 5.75 Å². The second-order valence-electron chi connectivity index (χ2n) is 5.68. The van der Waals surface area contributed by atoms with Crippen LogP contribution < -0.4 is 14.8 Å². The number of benzene rings is 2. The van der Waals surface area contributed by atoms with Crippen molar-refractivity contribution in [2.24, 2.45) is 0 Å². The summed E-state index contributed by atoms with van der Waals surface area (Å²) in [5, 5.41) is 3.37. The van der Waals surface area contributed by atoms with E-state index in [1.165, 1.54) is 11.1 Å². The zero-order valence-electron chi connectivity index (χ0n) is 13.0. The van der Waals surface area contributed by atoms with Gasteiger partial charge in [-0.1, -0.05) is 24.3 Å². The number of hydrogen-bond donors (Lipinski definition) is 2. The van der Waals surface area contributed by atoms with Crippen LogP contribution in [0.1, 0.15) is 16.7 Å². The SMILES string of the molecule is CS(=O)(=O)NCc1ccc(NCc2ccc3c(c2)CCO3)cc1. The highest BCUT2D eigenvalue weighted by molar-refractivity contribution is 7.88. The van der Waals surface area contributed by atoms with Crippen molar-refractivity contribution in [3.05, 3.63) is 59.2 Å². The van der Waals surface area contributed by atoms with Crippen LogP contribution in [0.2, 0.25) is 0 Å². The lowest BCUT2D eigenvalue weighted by molar-refractivity contribution is 0.357. The Morgan fingerprint density at radius 3 is 2.52 bits per heavy atom. The maximum absolute atomic E-state index is 11.1. The highest BCUT2D eigenvalue weighted by Crippen LogP contribution is 2.26. The van der Waals surface area contributed by atoms with Crippen LogP contribution in [0, 0.1) is 0 Å². The Labute approximate surface area is 136 Å². The topological polar surface area (TPSA) is 67.4 Å². The molecule has 0 unspecified atom stereocenters. The monoisotopic (exact) mass is 332 g/mol. The molecule has 0 aromatic heterocycles. The van der Waals surface area contributed by atoms with Crippen LogP contribution in [0.25, 0.3) is 0 Å². The lowest BCUT2D eigenvalue weighted by Crippen LogP contribution is -2.21. The largest absolute Gasteiger partial charge is 0.493 e. The number of sulfonamides is 1. The molecule has 0 radical (unpaired) electrons. The molecule has 122 valence electrons. The minimum Gasteiger partial charge on any atom is -0.493 e. The molecule has 2 aromatic rings. The van der Waals surface area contributed by atoms with Crippen LogP contribution in [0.5, 0.6) is 5.75 Å². The Hall–Kier alpha value is -2.05. The van der Waals surface area contributed by atoms with Crippen LogP contribution in [0.15, 0.2) is 42.5 Å². The molecule has 0 saturated heterocycles. The number of rotatable bonds is 6. The molecule has 0 fully saturated rings. The number of fused-ring (bicyclic) bond motifs is 1. The average molecular weight is 332 g/mol. The van der Waals surface area contributed by atoms with E-state index in [4.69, 9.17) is 4.74 Å². The zero-order valence-corrected chi connectivity index (χ0v) is 13.8. The van der Waals surface area contributed by atoms with Gasteiger partial charge in [-0.05, 0) is 34.9 Å². The normalized spacial score (nSPS) is 13.4. The maximum Gasteiger partial charge on any atom is 0.209 e. The second-order valence-corrected chi connectivity index (χ2v) is 7.52. The van der Waals surface area contributed by atoms with E-state index in [1.54, 1.807) is 0 Å². The summed E-state index contributed by atoms with van der Waals surface area (Å²) in [4.78, 5) is 0. The van der Waals surface area contributed by atoms with E-state index >= 15 is 0 Å². The Bertz CT molecular complexity index is 786. The van der Waals surface area contributed by atoms with Crippen LogP contribution in [0.4, 0.5) is 5.69 Å². The molecule has 6 heteroatoms. The lowest BCUT2D eigenvalue weighted by atomic mass is 10.1. The van der Waals surface area contributed by atoms with Crippen molar-refractivity contribution >= 4 is 15.7 Å². The molecule has 0 spiro atoms. The molecule has 0 amide bonds. The highest BCUT2D eigenvalue weighted by Gasteiger charge is 2.11. The Morgan fingerprint density at radius 2 is 1.78 bits per heavy atom. The average Bonchev–Trinajstić information content (AvgIpc) is 2.99. The first-order valence-electron chi connectivity index (χ1n) is 7.52. The van der Waals surface area contributed by atoms with Crippen LogP contribution in [0.3, 0.4) is 0 Å². The van der Waals surface area contributed by atoms with Crippen molar-refractivity contribution in [3.63, 3.8) is 0 Å². The minimum atomic E-state index is -3.16. The summed E-state index contributed by atoms with van der Waals surface area (Å²) >= 11 is 0. The smallest absolute Gasteiger partial charge is 0.209 e. The molecular weight excluding hydrogens is 312 g/mol. The van der Waals surface area contributed by atoms with E-state index in [2.05, 4.69) is 22.2 Å². The summed E-state index contributed by atoms with van der Waals surface area (Å²) < 4.78 is 30.1. The summed E-state index contributed by atoms with van der Waals surface area (Å²) in [5.74, 6) is 0.997. The van der Waals surface area contributed by atoms with E-state index in [-0.39, 0.29) is 0 Å². The number of ether oxygens (including phenoxy) is 1. The first-order valence-corrected chi connectivity index (χ1v) is 9.41. The van der Waals surface area contributed by atoms with Gasteiger partial charge >= 0.3 is 0 Å². The molecule has 1 aliphatic heterocycles. The van der Waals surface area contributed by atoms with Crippen LogP contribution in [-0.2, 0) is 29.5 Å². The molecule has 5 nitrogen and oxygen atoms in total. The highest BCUT2D eigenvalue weighted by atomic mass is 32.2. The number of nitrogens with one attached hydrogen (secondary N) is 2. The van der Waals surface area contributed by atoms with Crippen LogP contribution >= 0.6 is 0 Å². The molecule has 0 saturated carbocycles. The van der Waals surface area contributed by atoms with Crippen molar-refractivity contribution < 1.29 is 13.2 Å². The first-order chi connectivity index (χ1) is 11.0. The van der Waals surface area contributed by atoms with Gasteiger partial charge in [0.15, 0.2) is 0 Å². The summed E-state index contributed by atoms with van der Waals surface area (Å²) in [5.41, 5.74) is 4.42. The standard InChI is InChI=1S/C17H20N2O3S/c1-23(20,21)19-12-13-2-5-16(6-3-13)18-11-14-4-7-17-15(10-14)8-9-22-17/h2-7,10,18-19H,8-9,11-12H2,1H3. The van der Waals surface area contributed by atoms with Gasteiger partial charge in [0.25, 0.3) is 0 Å². The van der Waals surface area contributed by atoms with Gasteiger partial charge < -0.3 is 10.1 Å². The van der Waals surface area contributed by atoms with Gasteiger partial charge in [-0.25, -0.2) is 13.1 Å². The maximum atomic E-state index is 11.1. The summed E-state index contributed by atoms with van der Waals surface area (Å²) in [6.07, 6.45) is 2.13. The predicted octanol–water partition coefficient (Wildman–Crippen LogP) is 2.28. The Morgan fingerprint density at radius 1 is 1.04 bits per heavy atom. The van der Waals surface area contributed by atoms with Gasteiger partial charge in [0.2, 0.25) is 10.0 Å². The van der Waals surface area contributed by atoms with E-state index in [1.807, 2.05) is 30.3 Å². The molecule has 0 bridgehead atoms. The fourth-order valence-corrected chi connectivity index (χ4v) is 2.94. The summed E-state index contributed by atoms with van der Waals surface area (Å²) in [6.45, 7) is 1.83. The van der Waals surface area contributed by atoms with Crippen molar-refractivity contribution in [1.82, 2.24) is 4.72 Å². The molecular formula is C17H20N2O3S. The minimum absolute atomic E-state index is 0.309. The van der Waals surface area contributed by atoms with Gasteiger partial charge in [-0.15, -0.1) is 0 Å². The van der Waals surface area contributed by atoms with Crippen molar-refractivity contribution in [2.75, 3.05) is 18.2 Å². The van der Waals surface area contributed by atoms with E-state index < -0.39 is 10.0 Å². The quantitative estimate of drug-likeness (QED) is 0.852. The zero-order chi connectivity index (χ0) is 16.3. The van der Waals surface area contributed by atoms with Gasteiger partial charge in [-0.2, -0.15) is 0 Å². The van der Waals surface area contributed by atoms with Gasteiger partial charge in [0, 0.05) is 25.2 Å². The molecule has 2 aromatic carbocycles. The molecule has 2 N–H and O–H groups in total. The Balaban J connectivity index is 1.56. The van der Waals surface area contributed by atoms with E-state index in [9.17, 15) is 8.42 Å². The molecule has 3 rings (SSSR count). The number of anilines is 1. The molecule has 0 aliphatic carbocycles. The number of hydrogen-bond acceptors (Lipinski definition) is 4. The predicted molar refractivity (Wildman–Crippen MR) is 91.1 cm³/mol. The molecule has 0 atom stereocenters. The van der Waals surface area contributed by atoms with E-state index in [0.29, 0.717) is 6.54 Å². The molecule has 23 heavy (non-hydrogen) atoms. The lowest BCUT2D eigenvalue weighted by Gasteiger charge is -2.09. The second kappa shape index (κ2) is 6.60. The van der Waals surface area contributed by atoms with Crippen molar-refractivity contribution in [3.8, 4) is 5.75 Å². The molecule has 1 heterocycles. The van der Waals surface area contributed by atoms with Gasteiger partial charge in [0.05, 0.1) is 12.9 Å². The fourth-order valence-electron chi connectivity index (χ4n) is 2.51. The third-order valence-corrected chi connectivity index (χ3v) is 4.41. The summed E-state index contributed by atoms with van der Waals surface area (Å²) in [7, 11) is -3.16. The summed E-state index contributed by atoms with van der Waals surface area (Å²) in [6, 6.07) is 14.0. The fraction of sp³-hybridized carbons (Fsp3) is 0.294. The Kier molecular flexibility index (Phi) is 4.54. The van der Waals surface area contributed by atoms with E-state index in [0.717, 1.165) is 42.8 Å².